The molecule has 6 rings (SSSR count). The zero-order valence-corrected chi connectivity index (χ0v) is 37.1. The zero-order valence-electron chi connectivity index (χ0n) is 33.9. The number of furan rings is 1. The van der Waals surface area contributed by atoms with Gasteiger partial charge in [-0.1, -0.05) is 117 Å². The number of nitrogens with one attached hydrogen (secondary N) is 1. The first-order chi connectivity index (χ1) is 24.5. The van der Waals surface area contributed by atoms with Crippen LogP contribution in [-0.2, 0) is 36.7 Å². The monoisotopic (exact) mass is 912 g/mol. The van der Waals surface area contributed by atoms with Crippen LogP contribution in [0.25, 0.3) is 31.8 Å². The van der Waals surface area contributed by atoms with Crippen molar-refractivity contribution in [1.29, 1.82) is 0 Å². The van der Waals surface area contributed by atoms with Crippen LogP contribution in [-0.4, -0.2) is 23.3 Å². The molecule has 1 aliphatic heterocycles. The number of aliphatic hydroxyl groups excluding tert-OH is 1. The molecule has 5 aromatic rings. The van der Waals surface area contributed by atoms with E-state index in [-0.39, 0.29) is 47.9 Å². The van der Waals surface area contributed by atoms with E-state index in [1.165, 1.54) is 37.6 Å². The Labute approximate surface area is 335 Å². The van der Waals surface area contributed by atoms with E-state index < -0.39 is 0 Å². The Morgan fingerprint density at radius 3 is 2.19 bits per heavy atom. The minimum absolute atomic E-state index is 0. The van der Waals surface area contributed by atoms with Crippen molar-refractivity contribution in [2.45, 2.75) is 121 Å². The number of fused-ring (bicyclic) bond motifs is 6. The van der Waals surface area contributed by atoms with E-state index in [2.05, 4.69) is 95.4 Å². The number of aliphatic hydroxyl groups is 1. The van der Waals surface area contributed by atoms with Gasteiger partial charge >= 0.3 is 0 Å². The molecule has 0 saturated heterocycles. The minimum atomic E-state index is -0.337. The second-order valence-corrected chi connectivity index (χ2v) is 17.6. The maximum Gasteiger partial charge on any atom is 0.197 e. The third-order valence-corrected chi connectivity index (χ3v) is 12.9. The number of rotatable bonds is 10. The fourth-order valence-corrected chi connectivity index (χ4v) is 8.46. The molecule has 0 bridgehead atoms. The summed E-state index contributed by atoms with van der Waals surface area (Å²) in [7, 11) is 0. The number of allylic oxidation sites excluding steroid dienone is 2. The molecule has 1 radical (unpaired) electrons. The molecule has 7 heteroatoms. The molecule has 0 spiro atoms. The molecule has 287 valence electrons. The Balaban J connectivity index is 0.000000299. The molecular weight excluding hydrogens is 853 g/mol. The van der Waals surface area contributed by atoms with Crippen molar-refractivity contribution in [1.82, 2.24) is 0 Å². The number of carbonyl (C=O) groups excluding carboxylic acids is 1. The standard InChI is InChI=1S/C31H31N2OS.C15H28O2.Ir/c1-17(2)13-25-18(3)21-11-12-23-26-27(32-16-33-30(26)34-28(23)29(21)35-25)20-14-19-9-7-8-10-22(19)24(15-20)31(4,5)6;1-7-14(5,8-2)12(16)11-13(17)15(6,9-3)10-4;/h7-12,15,17,33H,13,16H2,1-6H3;11,16H,7-10H2,1-6H3;/q-1;;/b;12-11-;. The van der Waals surface area contributed by atoms with Gasteiger partial charge in [-0.25, -0.2) is 0 Å². The quantitative estimate of drug-likeness (QED) is 0.0832. The average Bonchev–Trinajstić information content (AvgIpc) is 3.66. The van der Waals surface area contributed by atoms with E-state index in [0.717, 1.165) is 71.2 Å². The van der Waals surface area contributed by atoms with Crippen LogP contribution < -0.4 is 5.32 Å². The summed E-state index contributed by atoms with van der Waals surface area (Å²) in [5.41, 5.74) is 6.11. The number of aliphatic imine (C=N–C) groups is 1. The van der Waals surface area contributed by atoms with Gasteiger partial charge in [-0.3, -0.25) is 4.79 Å². The first-order valence-corrected chi connectivity index (χ1v) is 20.0. The molecule has 1 aliphatic rings. The molecule has 0 saturated carbocycles. The number of ketones is 1. The molecule has 0 atom stereocenters. The Morgan fingerprint density at radius 1 is 0.962 bits per heavy atom. The van der Waals surface area contributed by atoms with Gasteiger partial charge in [0.05, 0.1) is 4.70 Å². The van der Waals surface area contributed by atoms with Crippen LogP contribution in [0.15, 0.2) is 63.7 Å². The van der Waals surface area contributed by atoms with Crippen LogP contribution in [0, 0.1) is 29.7 Å². The van der Waals surface area contributed by atoms with Crippen LogP contribution in [0.5, 0.6) is 0 Å². The van der Waals surface area contributed by atoms with Gasteiger partial charge in [-0.2, -0.15) is 0 Å². The van der Waals surface area contributed by atoms with Crippen LogP contribution in [0.2, 0.25) is 0 Å². The fourth-order valence-electron chi connectivity index (χ4n) is 6.96. The van der Waals surface area contributed by atoms with E-state index in [9.17, 15) is 9.90 Å². The van der Waals surface area contributed by atoms with Crippen LogP contribution in [0.3, 0.4) is 0 Å². The van der Waals surface area contributed by atoms with Crippen molar-refractivity contribution in [3.63, 3.8) is 0 Å². The van der Waals surface area contributed by atoms with Crippen molar-refractivity contribution >= 4 is 60.5 Å². The number of thiophene rings is 1. The molecule has 3 aromatic carbocycles. The number of aryl methyl sites for hydroxylation is 1. The zero-order chi connectivity index (χ0) is 38.2. The topological polar surface area (TPSA) is 74.8 Å². The van der Waals surface area contributed by atoms with Gasteiger partial charge in [0.15, 0.2) is 17.3 Å². The van der Waals surface area contributed by atoms with Crippen molar-refractivity contribution in [3.05, 3.63) is 87.5 Å². The fraction of sp³-hybridized carbons (Fsp3) is 0.478. The smallest absolute Gasteiger partial charge is 0.197 e. The molecule has 0 aliphatic carbocycles. The number of hydrogen-bond donors (Lipinski definition) is 2. The van der Waals surface area contributed by atoms with Crippen LogP contribution in [0.1, 0.15) is 129 Å². The van der Waals surface area contributed by atoms with E-state index >= 15 is 0 Å². The van der Waals surface area contributed by atoms with Crippen molar-refractivity contribution in [2.75, 3.05) is 12.0 Å². The second-order valence-electron chi connectivity index (χ2n) is 16.5. The van der Waals surface area contributed by atoms with E-state index in [1.807, 2.05) is 52.9 Å². The first-order valence-electron chi connectivity index (χ1n) is 19.2. The SMILES string of the molecule is CCC(C)(CC)C(=O)/C=C(\O)C(C)(CC)CC.Cc1c(CC(C)C)sc2c1ccc1c3c(oc12)NCN=C3c1[c-]c2ccccc2c(C(C)(C)C)c1.[Ir]. The summed E-state index contributed by atoms with van der Waals surface area (Å²) in [5, 5.41) is 18.3. The summed E-state index contributed by atoms with van der Waals surface area (Å²) in [4.78, 5) is 18.6. The van der Waals surface area contributed by atoms with Gasteiger partial charge in [-0.15, -0.1) is 40.5 Å². The third kappa shape index (κ3) is 8.38. The van der Waals surface area contributed by atoms with Gasteiger partial charge in [-0.05, 0) is 61.3 Å². The Morgan fingerprint density at radius 2 is 1.58 bits per heavy atom. The summed E-state index contributed by atoms with van der Waals surface area (Å²) in [5.74, 6) is 1.73. The minimum Gasteiger partial charge on any atom is -0.512 e. The maximum atomic E-state index is 12.2. The predicted octanol–water partition coefficient (Wildman–Crippen LogP) is 13.3. The number of benzene rings is 3. The molecule has 0 unspecified atom stereocenters. The largest absolute Gasteiger partial charge is 0.512 e. The number of anilines is 1. The molecular formula is C46H59IrN2O3S-. The number of nitrogens with zero attached hydrogens (tertiary/aromatic N) is 1. The predicted molar refractivity (Wildman–Crippen MR) is 224 cm³/mol. The number of hydrogen-bond acceptors (Lipinski definition) is 6. The van der Waals surface area contributed by atoms with Gasteiger partial charge in [0.1, 0.15) is 12.4 Å². The van der Waals surface area contributed by atoms with Crippen LogP contribution in [0.4, 0.5) is 5.88 Å². The summed E-state index contributed by atoms with van der Waals surface area (Å²) < 4.78 is 7.76. The molecule has 0 amide bonds. The second kappa shape index (κ2) is 16.6. The Hall–Kier alpha value is -3.25. The van der Waals surface area contributed by atoms with Gasteiger partial charge in [0.2, 0.25) is 0 Å². The van der Waals surface area contributed by atoms with Crippen molar-refractivity contribution < 1.29 is 34.4 Å². The average molecular weight is 912 g/mol. The van der Waals surface area contributed by atoms with E-state index in [1.54, 1.807) is 0 Å². The summed E-state index contributed by atoms with van der Waals surface area (Å²) in [6.45, 7) is 26.2. The molecule has 0 fully saturated rings. The van der Waals surface area contributed by atoms with Crippen LogP contribution >= 0.6 is 11.3 Å². The first kappa shape index (κ1) is 42.5. The third-order valence-electron chi connectivity index (χ3n) is 11.6. The summed E-state index contributed by atoms with van der Waals surface area (Å²) in [6, 6.07) is 19.0. The van der Waals surface area contributed by atoms with Gasteiger partial charge < -0.3 is 19.8 Å². The van der Waals surface area contributed by atoms with Crippen molar-refractivity contribution in [2.24, 2.45) is 21.7 Å². The molecule has 3 heterocycles. The van der Waals surface area contributed by atoms with E-state index in [0.29, 0.717) is 12.6 Å². The molecule has 53 heavy (non-hydrogen) atoms. The molecule has 5 nitrogen and oxygen atoms in total. The normalized spacial score (nSPS) is 13.8. The van der Waals surface area contributed by atoms with E-state index in [4.69, 9.17) is 9.41 Å². The Kier molecular flexibility index (Phi) is 13.3. The maximum absolute atomic E-state index is 12.2. The molecule has 2 aromatic heterocycles. The summed E-state index contributed by atoms with van der Waals surface area (Å²) in [6.07, 6.45) is 5.85. The van der Waals surface area contributed by atoms with Gasteiger partial charge in [0.25, 0.3) is 0 Å². The Bertz CT molecular complexity index is 2150. The molecule has 2 N–H and O–H groups in total. The number of carbonyl (C=O) groups is 1. The van der Waals surface area contributed by atoms with Crippen molar-refractivity contribution in [3.8, 4) is 0 Å². The van der Waals surface area contributed by atoms with Gasteiger partial charge in [0, 0.05) is 58.5 Å². The summed E-state index contributed by atoms with van der Waals surface area (Å²) >= 11 is 1.88.